The summed E-state index contributed by atoms with van der Waals surface area (Å²) in [6.45, 7) is 3.02. The molecule has 0 fully saturated rings. The Kier molecular flexibility index (Phi) is 4.53. The molecule has 0 aliphatic heterocycles. The van der Waals surface area contributed by atoms with Gasteiger partial charge in [-0.3, -0.25) is 4.79 Å². The van der Waals surface area contributed by atoms with E-state index >= 15 is 0 Å². The largest absolute Gasteiger partial charge is 0.467 e. The van der Waals surface area contributed by atoms with Gasteiger partial charge >= 0.3 is 5.97 Å². The SMILES string of the molecule is COC(=O)C(C)(C)NC(=O)c1nc(Cl)ccc1Cl. The lowest BCUT2D eigenvalue weighted by molar-refractivity contribution is -0.146. The first kappa shape index (κ1) is 14.7. The zero-order valence-corrected chi connectivity index (χ0v) is 11.6. The van der Waals surface area contributed by atoms with E-state index in [1.54, 1.807) is 0 Å². The van der Waals surface area contributed by atoms with Gasteiger partial charge in [-0.25, -0.2) is 9.78 Å². The molecule has 1 N–H and O–H groups in total. The fourth-order valence-corrected chi connectivity index (χ4v) is 1.57. The maximum atomic E-state index is 11.9. The third-order valence-electron chi connectivity index (χ3n) is 2.15. The predicted molar refractivity (Wildman–Crippen MR) is 67.8 cm³/mol. The molecule has 1 rings (SSSR count). The van der Waals surface area contributed by atoms with E-state index < -0.39 is 17.4 Å². The monoisotopic (exact) mass is 290 g/mol. The van der Waals surface area contributed by atoms with Crippen molar-refractivity contribution in [3.8, 4) is 0 Å². The molecule has 0 spiro atoms. The van der Waals surface area contributed by atoms with Crippen LogP contribution < -0.4 is 5.32 Å². The lowest BCUT2D eigenvalue weighted by Crippen LogP contribution is -2.50. The van der Waals surface area contributed by atoms with Crippen LogP contribution >= 0.6 is 23.2 Å². The predicted octanol–water partition coefficient (Wildman–Crippen LogP) is 2.07. The number of esters is 1. The number of carbonyl (C=O) groups excluding carboxylic acids is 2. The van der Waals surface area contributed by atoms with Crippen LogP contribution in [0.3, 0.4) is 0 Å². The summed E-state index contributed by atoms with van der Waals surface area (Å²) >= 11 is 11.5. The highest BCUT2D eigenvalue weighted by atomic mass is 35.5. The summed E-state index contributed by atoms with van der Waals surface area (Å²) in [7, 11) is 1.24. The van der Waals surface area contributed by atoms with Gasteiger partial charge in [0.2, 0.25) is 0 Å². The molecule has 0 atom stereocenters. The highest BCUT2D eigenvalue weighted by Crippen LogP contribution is 2.17. The standard InChI is InChI=1S/C11H12Cl2N2O3/c1-11(2,10(17)18-3)15-9(16)8-6(12)4-5-7(13)14-8/h4-5H,1-3H3,(H,15,16). The number of rotatable bonds is 3. The fourth-order valence-electron chi connectivity index (χ4n) is 1.23. The van der Waals surface area contributed by atoms with Crippen molar-refractivity contribution < 1.29 is 14.3 Å². The van der Waals surface area contributed by atoms with Crippen LogP contribution in [0.2, 0.25) is 10.2 Å². The highest BCUT2D eigenvalue weighted by Gasteiger charge is 2.31. The fraction of sp³-hybridized carbons (Fsp3) is 0.364. The van der Waals surface area contributed by atoms with E-state index in [0.29, 0.717) is 0 Å². The van der Waals surface area contributed by atoms with Crippen molar-refractivity contribution in [3.63, 3.8) is 0 Å². The summed E-state index contributed by atoms with van der Waals surface area (Å²) < 4.78 is 4.57. The van der Waals surface area contributed by atoms with Gasteiger partial charge in [-0.1, -0.05) is 23.2 Å². The van der Waals surface area contributed by atoms with Crippen LogP contribution in [0.4, 0.5) is 0 Å². The number of aromatic nitrogens is 1. The number of ether oxygens (including phenoxy) is 1. The Balaban J connectivity index is 2.95. The minimum Gasteiger partial charge on any atom is -0.467 e. The second-order valence-electron chi connectivity index (χ2n) is 4.04. The number of halogens is 2. The molecular formula is C11H12Cl2N2O3. The Bertz CT molecular complexity index is 489. The van der Waals surface area contributed by atoms with Crippen molar-refractivity contribution in [2.24, 2.45) is 0 Å². The molecule has 7 heteroatoms. The third-order valence-corrected chi connectivity index (χ3v) is 2.66. The molecule has 0 aromatic carbocycles. The van der Waals surface area contributed by atoms with Crippen molar-refractivity contribution in [2.75, 3.05) is 7.11 Å². The van der Waals surface area contributed by atoms with Gasteiger partial charge in [-0.05, 0) is 26.0 Å². The van der Waals surface area contributed by atoms with Crippen LogP contribution in [-0.4, -0.2) is 29.5 Å². The van der Waals surface area contributed by atoms with Crippen LogP contribution in [0.5, 0.6) is 0 Å². The molecule has 0 aliphatic rings. The Morgan fingerprint density at radius 2 is 1.94 bits per heavy atom. The summed E-state index contributed by atoms with van der Waals surface area (Å²) in [5, 5.41) is 2.76. The van der Waals surface area contributed by atoms with Gasteiger partial charge in [-0.15, -0.1) is 0 Å². The number of amides is 1. The molecule has 18 heavy (non-hydrogen) atoms. The first-order valence-electron chi connectivity index (χ1n) is 5.01. The topological polar surface area (TPSA) is 68.3 Å². The number of hydrogen-bond acceptors (Lipinski definition) is 4. The second kappa shape index (κ2) is 5.54. The number of nitrogens with one attached hydrogen (secondary N) is 1. The first-order valence-corrected chi connectivity index (χ1v) is 5.76. The van der Waals surface area contributed by atoms with Crippen LogP contribution in [0.15, 0.2) is 12.1 Å². The van der Waals surface area contributed by atoms with Crippen LogP contribution in [0, 0.1) is 0 Å². The van der Waals surface area contributed by atoms with Gasteiger partial charge in [0.05, 0.1) is 12.1 Å². The molecule has 0 unspecified atom stereocenters. The summed E-state index contributed by atoms with van der Waals surface area (Å²) in [6.07, 6.45) is 0. The molecule has 1 aromatic rings. The lowest BCUT2D eigenvalue weighted by atomic mass is 10.1. The van der Waals surface area contributed by atoms with Crippen LogP contribution in [-0.2, 0) is 9.53 Å². The Morgan fingerprint density at radius 1 is 1.33 bits per heavy atom. The van der Waals surface area contributed by atoms with Gasteiger partial charge < -0.3 is 10.1 Å². The van der Waals surface area contributed by atoms with E-state index in [1.807, 2.05) is 0 Å². The van der Waals surface area contributed by atoms with E-state index in [-0.39, 0.29) is 15.9 Å². The second-order valence-corrected chi connectivity index (χ2v) is 4.83. The average molecular weight is 291 g/mol. The molecule has 1 heterocycles. The van der Waals surface area contributed by atoms with Crippen LogP contribution in [0.25, 0.3) is 0 Å². The van der Waals surface area contributed by atoms with E-state index in [2.05, 4.69) is 15.0 Å². The summed E-state index contributed by atoms with van der Waals surface area (Å²) in [6, 6.07) is 2.92. The number of nitrogens with zero attached hydrogens (tertiary/aromatic N) is 1. The number of carbonyl (C=O) groups is 2. The first-order chi connectivity index (χ1) is 8.27. The van der Waals surface area contributed by atoms with Crippen molar-refractivity contribution in [3.05, 3.63) is 28.0 Å². The normalized spacial score (nSPS) is 10.9. The van der Waals surface area contributed by atoms with E-state index in [9.17, 15) is 9.59 Å². The Labute approximate surface area is 114 Å². The quantitative estimate of drug-likeness (QED) is 0.683. The van der Waals surface area contributed by atoms with Crippen molar-refractivity contribution in [2.45, 2.75) is 19.4 Å². The Morgan fingerprint density at radius 3 is 2.50 bits per heavy atom. The summed E-state index contributed by atoms with van der Waals surface area (Å²) in [5.41, 5.74) is -1.22. The van der Waals surface area contributed by atoms with Gasteiger partial charge in [-0.2, -0.15) is 0 Å². The van der Waals surface area contributed by atoms with Gasteiger partial charge in [0.25, 0.3) is 5.91 Å². The maximum absolute atomic E-state index is 11.9. The molecule has 0 radical (unpaired) electrons. The zero-order valence-electron chi connectivity index (χ0n) is 10.1. The summed E-state index contributed by atoms with van der Waals surface area (Å²) in [4.78, 5) is 27.2. The van der Waals surface area contributed by atoms with Gasteiger partial charge in [0, 0.05) is 0 Å². The van der Waals surface area contributed by atoms with Crippen molar-refractivity contribution in [1.82, 2.24) is 10.3 Å². The minimum absolute atomic E-state index is 0.0406. The van der Waals surface area contributed by atoms with Gasteiger partial charge in [0.15, 0.2) is 0 Å². The molecule has 98 valence electrons. The summed E-state index contributed by atoms with van der Waals surface area (Å²) in [5.74, 6) is -1.17. The van der Waals surface area contributed by atoms with E-state index in [0.717, 1.165) is 0 Å². The van der Waals surface area contributed by atoms with E-state index in [4.69, 9.17) is 23.2 Å². The van der Waals surface area contributed by atoms with Crippen LogP contribution in [0.1, 0.15) is 24.3 Å². The van der Waals surface area contributed by atoms with E-state index in [1.165, 1.54) is 33.1 Å². The Hall–Kier alpha value is -1.33. The molecule has 0 bridgehead atoms. The molecule has 1 aromatic heterocycles. The van der Waals surface area contributed by atoms with Gasteiger partial charge in [0.1, 0.15) is 16.4 Å². The molecule has 0 aliphatic carbocycles. The zero-order chi connectivity index (χ0) is 13.9. The number of hydrogen-bond donors (Lipinski definition) is 1. The van der Waals surface area contributed by atoms with Crippen molar-refractivity contribution >= 4 is 35.1 Å². The number of pyridine rings is 1. The third kappa shape index (κ3) is 3.34. The smallest absolute Gasteiger partial charge is 0.330 e. The number of methoxy groups -OCH3 is 1. The molecule has 1 amide bonds. The molecule has 5 nitrogen and oxygen atoms in total. The highest BCUT2D eigenvalue weighted by molar-refractivity contribution is 6.34. The molecule has 0 saturated heterocycles. The average Bonchev–Trinajstić information content (AvgIpc) is 2.30. The molecule has 0 saturated carbocycles. The van der Waals surface area contributed by atoms with Crippen molar-refractivity contribution in [1.29, 1.82) is 0 Å². The molecular weight excluding hydrogens is 279 g/mol. The lowest BCUT2D eigenvalue weighted by Gasteiger charge is -2.22. The minimum atomic E-state index is -1.18. The maximum Gasteiger partial charge on any atom is 0.330 e.